The fourth-order valence-corrected chi connectivity index (χ4v) is 1.63. The van der Waals surface area contributed by atoms with Crippen molar-refractivity contribution in [2.24, 2.45) is 0 Å². The summed E-state index contributed by atoms with van der Waals surface area (Å²) in [6.45, 7) is 4.36. The van der Waals surface area contributed by atoms with Crippen LogP contribution >= 0.6 is 0 Å². The quantitative estimate of drug-likeness (QED) is 0.630. The topological polar surface area (TPSA) is 49.8 Å². The molecule has 0 aromatic heterocycles. The third kappa shape index (κ3) is 3.74. The Bertz CT molecular complexity index is 172. The summed E-state index contributed by atoms with van der Waals surface area (Å²) in [4.78, 5) is 12.9. The predicted octanol–water partition coefficient (Wildman–Crippen LogP) is 0.00620. The molecule has 76 valence electrons. The van der Waals surface area contributed by atoms with E-state index in [0.717, 1.165) is 32.5 Å². The Morgan fingerprint density at radius 2 is 2.46 bits per heavy atom. The van der Waals surface area contributed by atoms with Gasteiger partial charge in [-0.1, -0.05) is 0 Å². The molecule has 0 aromatic rings. The summed E-state index contributed by atoms with van der Waals surface area (Å²) in [5.74, 6) is -0.200. The van der Waals surface area contributed by atoms with Gasteiger partial charge in [0.25, 0.3) is 0 Å². The van der Waals surface area contributed by atoms with Crippen LogP contribution in [0, 0.1) is 0 Å². The van der Waals surface area contributed by atoms with Crippen molar-refractivity contribution in [1.82, 2.24) is 4.90 Å². The van der Waals surface area contributed by atoms with E-state index in [9.17, 15) is 4.79 Å². The van der Waals surface area contributed by atoms with Gasteiger partial charge in [-0.3, -0.25) is 9.69 Å². The minimum absolute atomic E-state index is 0.0659. The minimum Gasteiger partial charge on any atom is -0.461 e. The lowest BCUT2D eigenvalue weighted by atomic mass is 10.3. The van der Waals surface area contributed by atoms with Crippen LogP contribution in [0.15, 0.2) is 0 Å². The highest BCUT2D eigenvalue weighted by molar-refractivity contribution is 5.66. The first-order chi connectivity index (χ1) is 6.22. The number of esters is 1. The lowest BCUT2D eigenvalue weighted by Gasteiger charge is -2.14. The second kappa shape index (κ2) is 5.19. The fraction of sp³-hybridized carbons (Fsp3) is 0.889. The molecule has 0 saturated carbocycles. The Hall–Kier alpha value is -0.610. The lowest BCUT2D eigenvalue weighted by Crippen LogP contribution is -2.25. The first-order valence-corrected chi connectivity index (χ1v) is 4.73. The third-order valence-corrected chi connectivity index (χ3v) is 2.19. The number of carbonyl (C=O) groups excluding carboxylic acids is 1. The molecule has 1 saturated heterocycles. The van der Waals surface area contributed by atoms with Gasteiger partial charge >= 0.3 is 5.97 Å². The molecule has 4 nitrogen and oxygen atoms in total. The number of ether oxygens (including phenoxy) is 1. The molecule has 0 spiro atoms. The van der Waals surface area contributed by atoms with Crippen LogP contribution in [0.3, 0.4) is 0 Å². The molecule has 13 heavy (non-hydrogen) atoms. The summed E-state index contributed by atoms with van der Waals surface area (Å²) >= 11 is 0. The molecule has 0 bridgehead atoms. The highest BCUT2D eigenvalue weighted by Crippen LogP contribution is 2.12. The molecule has 0 amide bonds. The van der Waals surface area contributed by atoms with Crippen molar-refractivity contribution in [3.8, 4) is 0 Å². The van der Waals surface area contributed by atoms with Gasteiger partial charge in [-0.15, -0.1) is 0 Å². The molecule has 0 radical (unpaired) electrons. The van der Waals surface area contributed by atoms with E-state index in [2.05, 4.69) is 4.90 Å². The van der Waals surface area contributed by atoms with Gasteiger partial charge in [0.1, 0.15) is 6.10 Å². The predicted molar refractivity (Wildman–Crippen MR) is 48.3 cm³/mol. The van der Waals surface area contributed by atoms with Gasteiger partial charge in [0.2, 0.25) is 0 Å². The summed E-state index contributed by atoms with van der Waals surface area (Å²) in [7, 11) is 0. The Morgan fingerprint density at radius 1 is 1.69 bits per heavy atom. The molecule has 1 rings (SSSR count). The number of hydrogen-bond acceptors (Lipinski definition) is 4. The van der Waals surface area contributed by atoms with Crippen LogP contribution < -0.4 is 0 Å². The SMILES string of the molecule is CC(=O)OC1CCN(CCCO)C1. The largest absolute Gasteiger partial charge is 0.461 e. The first kappa shape index (κ1) is 10.5. The van der Waals surface area contributed by atoms with Crippen molar-refractivity contribution in [1.29, 1.82) is 0 Å². The molecule has 1 heterocycles. The van der Waals surface area contributed by atoms with Crippen molar-refractivity contribution < 1.29 is 14.6 Å². The van der Waals surface area contributed by atoms with Gasteiger partial charge in [-0.05, 0) is 12.8 Å². The molecule has 0 aliphatic carbocycles. The molecule has 1 unspecified atom stereocenters. The van der Waals surface area contributed by atoms with E-state index in [4.69, 9.17) is 9.84 Å². The van der Waals surface area contributed by atoms with Crippen LogP contribution in [0.5, 0.6) is 0 Å². The maximum atomic E-state index is 10.6. The number of nitrogens with zero attached hydrogens (tertiary/aromatic N) is 1. The van der Waals surface area contributed by atoms with E-state index >= 15 is 0 Å². The van der Waals surface area contributed by atoms with Crippen molar-refractivity contribution in [3.05, 3.63) is 0 Å². The average molecular weight is 187 g/mol. The number of hydrogen-bond donors (Lipinski definition) is 1. The molecule has 0 aromatic carbocycles. The number of rotatable bonds is 4. The van der Waals surface area contributed by atoms with Crippen LogP contribution in [0.25, 0.3) is 0 Å². The second-order valence-electron chi connectivity index (χ2n) is 3.40. The standard InChI is InChI=1S/C9H17NO3/c1-8(12)13-9-3-5-10(7-9)4-2-6-11/h9,11H,2-7H2,1H3. The van der Waals surface area contributed by atoms with Crippen LogP contribution in [0.4, 0.5) is 0 Å². The molecule has 1 aliphatic heterocycles. The molecular formula is C9H17NO3. The van der Waals surface area contributed by atoms with E-state index in [1.54, 1.807) is 0 Å². The van der Waals surface area contributed by atoms with Gasteiger partial charge in [-0.25, -0.2) is 0 Å². The first-order valence-electron chi connectivity index (χ1n) is 4.73. The Labute approximate surface area is 78.5 Å². The molecule has 1 aliphatic rings. The highest BCUT2D eigenvalue weighted by atomic mass is 16.5. The monoisotopic (exact) mass is 187 g/mol. The zero-order valence-corrected chi connectivity index (χ0v) is 8.03. The van der Waals surface area contributed by atoms with Crippen LogP contribution in [-0.2, 0) is 9.53 Å². The number of aliphatic hydroxyl groups is 1. The van der Waals surface area contributed by atoms with E-state index in [1.807, 2.05) is 0 Å². The highest BCUT2D eigenvalue weighted by Gasteiger charge is 2.23. The zero-order valence-electron chi connectivity index (χ0n) is 8.03. The smallest absolute Gasteiger partial charge is 0.302 e. The number of carbonyl (C=O) groups is 1. The Balaban J connectivity index is 2.16. The summed E-state index contributed by atoms with van der Waals surface area (Å²) < 4.78 is 5.08. The molecular weight excluding hydrogens is 170 g/mol. The van der Waals surface area contributed by atoms with E-state index < -0.39 is 0 Å². The van der Waals surface area contributed by atoms with Gasteiger partial charge < -0.3 is 9.84 Å². The van der Waals surface area contributed by atoms with Gasteiger partial charge in [0.05, 0.1) is 0 Å². The summed E-state index contributed by atoms with van der Waals surface area (Å²) in [6, 6.07) is 0. The van der Waals surface area contributed by atoms with Crippen molar-refractivity contribution in [3.63, 3.8) is 0 Å². The minimum atomic E-state index is -0.200. The normalized spacial score (nSPS) is 23.4. The van der Waals surface area contributed by atoms with Crippen molar-refractivity contribution in [2.45, 2.75) is 25.9 Å². The van der Waals surface area contributed by atoms with E-state index in [-0.39, 0.29) is 18.7 Å². The molecule has 1 fully saturated rings. The van der Waals surface area contributed by atoms with Crippen LogP contribution in [0.2, 0.25) is 0 Å². The zero-order chi connectivity index (χ0) is 9.68. The van der Waals surface area contributed by atoms with Crippen LogP contribution in [-0.4, -0.2) is 48.3 Å². The molecule has 4 heteroatoms. The van der Waals surface area contributed by atoms with Crippen LogP contribution in [0.1, 0.15) is 19.8 Å². The molecule has 1 N–H and O–H groups in total. The summed E-state index contributed by atoms with van der Waals surface area (Å²) in [5.41, 5.74) is 0. The average Bonchev–Trinajstić information content (AvgIpc) is 2.48. The third-order valence-electron chi connectivity index (χ3n) is 2.19. The Kier molecular flexibility index (Phi) is 4.18. The van der Waals surface area contributed by atoms with E-state index in [1.165, 1.54) is 6.92 Å². The summed E-state index contributed by atoms with van der Waals surface area (Å²) in [5, 5.41) is 8.63. The summed E-state index contributed by atoms with van der Waals surface area (Å²) in [6.07, 6.45) is 1.79. The number of likely N-dealkylation sites (tertiary alicyclic amines) is 1. The maximum absolute atomic E-state index is 10.6. The van der Waals surface area contributed by atoms with E-state index in [0.29, 0.717) is 0 Å². The van der Waals surface area contributed by atoms with Crippen molar-refractivity contribution in [2.75, 3.05) is 26.2 Å². The number of aliphatic hydroxyl groups excluding tert-OH is 1. The second-order valence-corrected chi connectivity index (χ2v) is 3.40. The van der Waals surface area contributed by atoms with Gasteiger partial charge in [0, 0.05) is 33.2 Å². The fourth-order valence-electron chi connectivity index (χ4n) is 1.63. The maximum Gasteiger partial charge on any atom is 0.302 e. The van der Waals surface area contributed by atoms with Gasteiger partial charge in [0.15, 0.2) is 0 Å². The Morgan fingerprint density at radius 3 is 3.08 bits per heavy atom. The lowest BCUT2D eigenvalue weighted by molar-refractivity contribution is -0.145. The van der Waals surface area contributed by atoms with Crippen molar-refractivity contribution >= 4 is 5.97 Å². The van der Waals surface area contributed by atoms with Gasteiger partial charge in [-0.2, -0.15) is 0 Å². The molecule has 1 atom stereocenters.